The monoisotopic (exact) mass is 1020 g/mol. The normalized spacial score (nSPS) is 11.6. The highest BCUT2D eigenvalue weighted by molar-refractivity contribution is 6.05. The van der Waals surface area contributed by atoms with E-state index in [0.717, 1.165) is 67.5 Å². The van der Waals surface area contributed by atoms with Gasteiger partial charge < -0.3 is 9.80 Å². The van der Waals surface area contributed by atoms with E-state index in [1.54, 1.807) is 0 Å². The van der Waals surface area contributed by atoms with Crippen LogP contribution in [0.3, 0.4) is 0 Å². The smallest absolute Gasteiger partial charge is 0.0462 e. The Morgan fingerprint density at radius 3 is 0.575 bits per heavy atom. The van der Waals surface area contributed by atoms with Crippen LogP contribution < -0.4 is 9.80 Å². The second-order valence-electron chi connectivity index (χ2n) is 19.8. The van der Waals surface area contributed by atoms with Gasteiger partial charge in [-0.05, 0) is 150 Å². The van der Waals surface area contributed by atoms with Gasteiger partial charge in [0.1, 0.15) is 0 Å². The molecule has 0 aromatic heterocycles. The third-order valence-electron chi connectivity index (χ3n) is 14.5. The average Bonchev–Trinajstić information content (AvgIpc) is 3.60. The van der Waals surface area contributed by atoms with Crippen molar-refractivity contribution in [3.63, 3.8) is 0 Å². The Hall–Kier alpha value is -10.5. The average molecular weight is 1020 g/mol. The SMILES string of the molecule is C(=C\c1ccc(N(c2ccc(/C=C/c3ccccc3)cc2)c2ccc(-c3ccc(-c4ccc(N(c5ccc(/C=C/c6ccccc6)cc5)c5ccc(/C=C/c6ccccc6)cc5)cc4)c4ccccc34)cc2)cc1)/c1ccccc1. The van der Waals surface area contributed by atoms with Crippen LogP contribution in [0.15, 0.2) is 303 Å². The Kier molecular flexibility index (Phi) is 15.2. The van der Waals surface area contributed by atoms with E-state index in [4.69, 9.17) is 0 Å². The van der Waals surface area contributed by atoms with Crippen LogP contribution in [0.2, 0.25) is 0 Å². The first-order valence-electron chi connectivity index (χ1n) is 27.3. The van der Waals surface area contributed by atoms with Crippen LogP contribution in [0.5, 0.6) is 0 Å². The molecule has 12 aromatic rings. The first-order chi connectivity index (χ1) is 39.6. The predicted molar refractivity (Wildman–Crippen MR) is 346 cm³/mol. The molecule has 0 aliphatic carbocycles. The molecule has 80 heavy (non-hydrogen) atoms. The van der Waals surface area contributed by atoms with Crippen molar-refractivity contribution in [1.82, 2.24) is 0 Å². The topological polar surface area (TPSA) is 6.48 Å². The maximum Gasteiger partial charge on any atom is 0.0462 e. The first kappa shape index (κ1) is 50.3. The number of rotatable bonds is 16. The van der Waals surface area contributed by atoms with Gasteiger partial charge in [-0.3, -0.25) is 0 Å². The molecule has 0 radical (unpaired) electrons. The standard InChI is InChI=1S/C78H58N2/c1-5-15-59(16-6-1)25-29-63-33-45-69(46-34-63)79(70-47-35-64(36-48-70)30-26-60-17-7-2-8-18-60)73-53-41-67(42-54-73)75-57-58-76(78-24-14-13-23-77(75)78)68-43-55-74(56-44-68)80(71-49-37-65(38-50-71)31-27-61-19-9-3-10-20-61)72-51-39-66(40-52-72)32-28-62-21-11-4-12-22-62/h1-58H/b29-25+,30-26+,31-27+,32-28+. The molecule has 0 bridgehead atoms. The second-order valence-corrected chi connectivity index (χ2v) is 19.8. The van der Waals surface area contributed by atoms with Gasteiger partial charge in [-0.25, -0.2) is 0 Å². The molecule has 12 rings (SSSR count). The molecule has 0 amide bonds. The molecule has 380 valence electrons. The summed E-state index contributed by atoms with van der Waals surface area (Å²) in [6.07, 6.45) is 17.3. The fourth-order valence-electron chi connectivity index (χ4n) is 10.2. The van der Waals surface area contributed by atoms with Crippen molar-refractivity contribution in [2.45, 2.75) is 0 Å². The van der Waals surface area contributed by atoms with Crippen LogP contribution in [-0.2, 0) is 0 Å². The van der Waals surface area contributed by atoms with E-state index in [-0.39, 0.29) is 0 Å². The number of hydrogen-bond acceptors (Lipinski definition) is 2. The highest BCUT2D eigenvalue weighted by Crippen LogP contribution is 2.41. The molecule has 0 N–H and O–H groups in total. The summed E-state index contributed by atoms with van der Waals surface area (Å²) in [4.78, 5) is 4.68. The van der Waals surface area contributed by atoms with Crippen LogP contribution >= 0.6 is 0 Å². The quantitative estimate of drug-likeness (QED) is 0.0890. The molecule has 0 spiro atoms. The molecule has 0 saturated heterocycles. The second kappa shape index (κ2) is 24.2. The summed E-state index contributed by atoms with van der Waals surface area (Å²) in [5, 5.41) is 2.42. The van der Waals surface area contributed by atoms with E-state index in [9.17, 15) is 0 Å². The summed E-state index contributed by atoms with van der Waals surface area (Å²) in [6, 6.07) is 108. The lowest BCUT2D eigenvalue weighted by Crippen LogP contribution is -2.09. The molecule has 2 heteroatoms. The lowest BCUT2D eigenvalue weighted by atomic mass is 9.92. The van der Waals surface area contributed by atoms with E-state index in [0.29, 0.717) is 0 Å². The molecule has 2 nitrogen and oxygen atoms in total. The van der Waals surface area contributed by atoms with Crippen LogP contribution in [0.4, 0.5) is 34.1 Å². The van der Waals surface area contributed by atoms with Crippen molar-refractivity contribution in [3.05, 3.63) is 348 Å². The molecule has 0 saturated carbocycles. The minimum Gasteiger partial charge on any atom is -0.311 e. The number of benzene rings is 12. The van der Waals surface area contributed by atoms with Gasteiger partial charge in [0.2, 0.25) is 0 Å². The molecule has 0 aliphatic heterocycles. The molecule has 12 aromatic carbocycles. The van der Waals surface area contributed by atoms with Gasteiger partial charge in [-0.1, -0.05) is 279 Å². The Bertz CT molecular complexity index is 3610. The summed E-state index contributed by atoms with van der Waals surface area (Å²) >= 11 is 0. The van der Waals surface area contributed by atoms with Crippen molar-refractivity contribution >= 4 is 93.5 Å². The third kappa shape index (κ3) is 12.0. The highest BCUT2D eigenvalue weighted by atomic mass is 15.1. The Morgan fingerprint density at radius 2 is 0.350 bits per heavy atom. The van der Waals surface area contributed by atoms with E-state index in [1.807, 2.05) is 24.3 Å². The minimum absolute atomic E-state index is 1.08. The van der Waals surface area contributed by atoms with E-state index >= 15 is 0 Å². The number of hydrogen-bond donors (Lipinski definition) is 0. The maximum absolute atomic E-state index is 2.34. The van der Waals surface area contributed by atoms with Gasteiger partial charge >= 0.3 is 0 Å². The van der Waals surface area contributed by atoms with Gasteiger partial charge in [-0.15, -0.1) is 0 Å². The van der Waals surface area contributed by atoms with Crippen molar-refractivity contribution in [2.75, 3.05) is 9.80 Å². The van der Waals surface area contributed by atoms with Gasteiger partial charge in [0.25, 0.3) is 0 Å². The lowest BCUT2D eigenvalue weighted by molar-refractivity contribution is 1.28. The maximum atomic E-state index is 2.34. The predicted octanol–water partition coefficient (Wildman–Crippen LogP) is 21.8. The van der Waals surface area contributed by atoms with Crippen molar-refractivity contribution in [1.29, 1.82) is 0 Å². The number of anilines is 6. The van der Waals surface area contributed by atoms with E-state index in [1.165, 1.54) is 44.2 Å². The van der Waals surface area contributed by atoms with E-state index in [2.05, 4.69) is 337 Å². The van der Waals surface area contributed by atoms with E-state index < -0.39 is 0 Å². The minimum atomic E-state index is 1.08. The zero-order chi connectivity index (χ0) is 53.7. The summed E-state index contributed by atoms with van der Waals surface area (Å²) in [5.41, 5.74) is 20.5. The Morgan fingerprint density at radius 1 is 0.163 bits per heavy atom. The largest absolute Gasteiger partial charge is 0.311 e. The fraction of sp³-hybridized carbons (Fsp3) is 0. The number of fused-ring (bicyclic) bond motifs is 1. The molecule has 0 heterocycles. The number of nitrogens with zero attached hydrogens (tertiary/aromatic N) is 2. The van der Waals surface area contributed by atoms with Gasteiger partial charge in [0.15, 0.2) is 0 Å². The van der Waals surface area contributed by atoms with Crippen LogP contribution in [-0.4, -0.2) is 0 Å². The summed E-state index contributed by atoms with van der Waals surface area (Å²) in [6.45, 7) is 0. The summed E-state index contributed by atoms with van der Waals surface area (Å²) in [7, 11) is 0. The summed E-state index contributed by atoms with van der Waals surface area (Å²) < 4.78 is 0. The van der Waals surface area contributed by atoms with Crippen molar-refractivity contribution in [3.8, 4) is 22.3 Å². The highest BCUT2D eigenvalue weighted by Gasteiger charge is 2.17. The molecule has 0 unspecified atom stereocenters. The van der Waals surface area contributed by atoms with Gasteiger partial charge in [0.05, 0.1) is 0 Å². The van der Waals surface area contributed by atoms with Gasteiger partial charge in [0, 0.05) is 34.1 Å². The van der Waals surface area contributed by atoms with Crippen molar-refractivity contribution < 1.29 is 0 Å². The molecule has 0 atom stereocenters. The molecular weight excluding hydrogens is 965 g/mol. The third-order valence-corrected chi connectivity index (χ3v) is 14.5. The van der Waals surface area contributed by atoms with Crippen LogP contribution in [0.1, 0.15) is 44.5 Å². The Labute approximate surface area is 470 Å². The molecule has 0 aliphatic rings. The molecule has 0 fully saturated rings. The first-order valence-corrected chi connectivity index (χ1v) is 27.3. The van der Waals surface area contributed by atoms with Gasteiger partial charge in [-0.2, -0.15) is 0 Å². The Balaban J connectivity index is 0.834. The summed E-state index contributed by atoms with van der Waals surface area (Å²) in [5.74, 6) is 0. The van der Waals surface area contributed by atoms with Crippen LogP contribution in [0.25, 0.3) is 81.6 Å². The zero-order valence-electron chi connectivity index (χ0n) is 44.4. The fourth-order valence-corrected chi connectivity index (χ4v) is 10.2. The van der Waals surface area contributed by atoms with Crippen molar-refractivity contribution in [2.24, 2.45) is 0 Å². The molecular formula is C78H58N2. The lowest BCUT2D eigenvalue weighted by Gasteiger charge is -2.26. The zero-order valence-corrected chi connectivity index (χ0v) is 44.4. The van der Waals surface area contributed by atoms with Crippen LogP contribution in [0, 0.1) is 0 Å².